The maximum Gasteiger partial charge on any atom is 0.311 e. The fraction of sp³-hybridized carbons (Fsp3) is 0.824. The Hall–Kier alpha value is -0.840. The van der Waals surface area contributed by atoms with Gasteiger partial charge in [-0.1, -0.05) is 46.4 Å². The van der Waals surface area contributed by atoms with E-state index in [1.165, 1.54) is 0 Å². The molecule has 2 atom stereocenters. The van der Waals surface area contributed by atoms with Gasteiger partial charge in [0.25, 0.3) is 0 Å². The van der Waals surface area contributed by atoms with Gasteiger partial charge in [-0.2, -0.15) is 0 Å². The van der Waals surface area contributed by atoms with E-state index in [1.807, 2.05) is 34.6 Å². The molecular formula is C17H30O4S. The topological polar surface area (TPSA) is 60.4 Å². The summed E-state index contributed by atoms with van der Waals surface area (Å²) in [6.45, 7) is 16.2. The second-order valence-electron chi connectivity index (χ2n) is 7.98. The molecule has 0 amide bonds. The Kier molecular flexibility index (Phi) is 7.33. The molecule has 0 aromatic heterocycles. The van der Waals surface area contributed by atoms with E-state index in [4.69, 9.17) is 4.74 Å². The van der Waals surface area contributed by atoms with Crippen LogP contribution in [0.2, 0.25) is 0 Å². The van der Waals surface area contributed by atoms with Crippen molar-refractivity contribution in [3.63, 3.8) is 0 Å². The lowest BCUT2D eigenvalue weighted by Gasteiger charge is -2.27. The molecule has 22 heavy (non-hydrogen) atoms. The van der Waals surface area contributed by atoms with Crippen LogP contribution in [0.3, 0.4) is 0 Å². The van der Waals surface area contributed by atoms with Crippen LogP contribution in [0.15, 0.2) is 0 Å². The summed E-state index contributed by atoms with van der Waals surface area (Å²) >= 11 is 1.15. The van der Waals surface area contributed by atoms with Crippen LogP contribution in [0.25, 0.3) is 0 Å². The zero-order valence-corrected chi connectivity index (χ0v) is 16.1. The molecule has 4 nitrogen and oxygen atoms in total. The van der Waals surface area contributed by atoms with Gasteiger partial charge in [-0.05, 0) is 33.6 Å². The average molecular weight is 330 g/mol. The van der Waals surface area contributed by atoms with E-state index in [0.29, 0.717) is 0 Å². The highest BCUT2D eigenvalue weighted by molar-refractivity contribution is 8.14. The minimum Gasteiger partial charge on any atom is -0.454 e. The summed E-state index contributed by atoms with van der Waals surface area (Å²) in [6.07, 6.45) is -0.883. The van der Waals surface area contributed by atoms with Crippen molar-refractivity contribution < 1.29 is 19.1 Å². The van der Waals surface area contributed by atoms with Crippen LogP contribution in [0.4, 0.5) is 0 Å². The minimum absolute atomic E-state index is 0.173. The Morgan fingerprint density at radius 1 is 0.909 bits per heavy atom. The number of hydrogen-bond acceptors (Lipinski definition) is 5. The van der Waals surface area contributed by atoms with Crippen LogP contribution < -0.4 is 0 Å². The third-order valence-electron chi connectivity index (χ3n) is 2.92. The summed E-state index contributed by atoms with van der Waals surface area (Å²) in [5, 5.41) is -0.185. The third kappa shape index (κ3) is 6.95. The number of carbonyl (C=O) groups is 3. The fourth-order valence-corrected chi connectivity index (χ4v) is 2.46. The van der Waals surface area contributed by atoms with Crippen LogP contribution in [0, 0.1) is 17.3 Å². The summed E-state index contributed by atoms with van der Waals surface area (Å²) in [6, 6.07) is 0. The summed E-state index contributed by atoms with van der Waals surface area (Å²) in [7, 11) is 0. The van der Waals surface area contributed by atoms with Crippen molar-refractivity contribution in [3.8, 4) is 0 Å². The van der Waals surface area contributed by atoms with Crippen LogP contribution >= 0.6 is 11.8 Å². The first kappa shape index (κ1) is 21.2. The van der Waals surface area contributed by atoms with Crippen molar-refractivity contribution in [1.82, 2.24) is 0 Å². The van der Waals surface area contributed by atoms with E-state index in [9.17, 15) is 14.4 Å². The second kappa shape index (κ2) is 7.62. The Morgan fingerprint density at radius 3 is 1.68 bits per heavy atom. The quantitative estimate of drug-likeness (QED) is 0.566. The molecule has 0 aliphatic heterocycles. The molecule has 0 aromatic rings. The maximum absolute atomic E-state index is 12.6. The number of esters is 1. The predicted molar refractivity (Wildman–Crippen MR) is 90.7 cm³/mol. The summed E-state index contributed by atoms with van der Waals surface area (Å²) in [5.41, 5.74) is -0.680. The zero-order valence-electron chi connectivity index (χ0n) is 15.3. The molecule has 0 bridgehead atoms. The Morgan fingerprint density at radius 2 is 1.36 bits per heavy atom. The predicted octanol–water partition coefficient (Wildman–Crippen LogP) is 3.86. The van der Waals surface area contributed by atoms with E-state index in [-0.39, 0.29) is 21.6 Å². The van der Waals surface area contributed by atoms with E-state index < -0.39 is 23.4 Å². The number of Topliss-reactive ketones (excluding diaryl/α,β-unsaturated/α-hetero) is 1. The lowest BCUT2D eigenvalue weighted by Crippen LogP contribution is -2.40. The minimum atomic E-state index is -0.883. The van der Waals surface area contributed by atoms with Gasteiger partial charge in [-0.25, -0.2) is 0 Å². The van der Waals surface area contributed by atoms with Crippen LogP contribution in [-0.4, -0.2) is 27.7 Å². The first-order valence-corrected chi connectivity index (χ1v) is 8.46. The normalized spacial score (nSPS) is 15.4. The van der Waals surface area contributed by atoms with Gasteiger partial charge in [0.15, 0.2) is 17.0 Å². The van der Waals surface area contributed by atoms with Crippen molar-refractivity contribution in [3.05, 3.63) is 0 Å². The van der Waals surface area contributed by atoms with Gasteiger partial charge >= 0.3 is 5.97 Å². The van der Waals surface area contributed by atoms with E-state index >= 15 is 0 Å². The van der Waals surface area contributed by atoms with Crippen molar-refractivity contribution in [2.24, 2.45) is 17.3 Å². The molecule has 5 heteroatoms. The number of hydrogen-bond donors (Lipinski definition) is 0. The Balaban J connectivity index is 5.08. The molecule has 1 unspecified atom stereocenters. The van der Waals surface area contributed by atoms with E-state index in [1.54, 1.807) is 27.7 Å². The van der Waals surface area contributed by atoms with Crippen LogP contribution in [0.1, 0.15) is 62.3 Å². The van der Waals surface area contributed by atoms with Crippen LogP contribution in [0.5, 0.6) is 0 Å². The molecule has 0 aromatic carbocycles. The highest BCUT2D eigenvalue weighted by atomic mass is 32.2. The smallest absolute Gasteiger partial charge is 0.311 e. The number of ketones is 1. The first-order valence-electron chi connectivity index (χ1n) is 7.64. The van der Waals surface area contributed by atoms with Gasteiger partial charge in [-0.15, -0.1) is 0 Å². The largest absolute Gasteiger partial charge is 0.454 e. The number of ether oxygens (including phenoxy) is 1. The van der Waals surface area contributed by atoms with Crippen molar-refractivity contribution in [2.45, 2.75) is 73.2 Å². The molecule has 0 heterocycles. The van der Waals surface area contributed by atoms with Gasteiger partial charge in [0.2, 0.25) is 0 Å². The Labute approximate surface area is 138 Å². The lowest BCUT2D eigenvalue weighted by molar-refractivity contribution is -0.166. The maximum atomic E-state index is 12.6. The molecule has 0 N–H and O–H groups in total. The van der Waals surface area contributed by atoms with Gasteiger partial charge in [0.05, 0.1) is 11.3 Å². The molecule has 0 spiro atoms. The fourth-order valence-electron chi connectivity index (χ4n) is 1.57. The molecule has 0 aliphatic rings. The molecule has 0 radical (unpaired) electrons. The molecule has 0 saturated heterocycles. The lowest BCUT2D eigenvalue weighted by atomic mass is 9.93. The SMILES string of the molecule is CC(C(=O)SC(C)(C)C)C(=O)[C@@H](OC(=O)C(C)(C)C)C(C)C. The van der Waals surface area contributed by atoms with Gasteiger partial charge < -0.3 is 4.74 Å². The van der Waals surface area contributed by atoms with Crippen molar-refractivity contribution >= 4 is 28.6 Å². The molecule has 0 saturated carbocycles. The van der Waals surface area contributed by atoms with E-state index in [0.717, 1.165) is 11.8 Å². The second-order valence-corrected chi connectivity index (χ2v) is 9.81. The van der Waals surface area contributed by atoms with Gasteiger partial charge in [0.1, 0.15) is 0 Å². The standard InChI is InChI=1S/C17H30O4S/c1-10(2)13(21-15(20)16(4,5)6)12(18)11(3)14(19)22-17(7,8)9/h10-11,13H,1-9H3/t11?,13-/m0/s1. The molecule has 0 rings (SSSR count). The van der Waals surface area contributed by atoms with Gasteiger partial charge in [-0.3, -0.25) is 14.4 Å². The van der Waals surface area contributed by atoms with E-state index in [2.05, 4.69) is 0 Å². The highest BCUT2D eigenvalue weighted by Gasteiger charge is 2.37. The Bertz CT molecular complexity index is 427. The zero-order chi connectivity index (χ0) is 17.9. The molecule has 0 aliphatic carbocycles. The summed E-state index contributed by atoms with van der Waals surface area (Å²) in [5.74, 6) is -1.71. The summed E-state index contributed by atoms with van der Waals surface area (Å²) < 4.78 is 5.14. The monoisotopic (exact) mass is 330 g/mol. The van der Waals surface area contributed by atoms with Gasteiger partial charge in [0, 0.05) is 4.75 Å². The number of rotatable bonds is 5. The molecular weight excluding hydrogens is 300 g/mol. The highest BCUT2D eigenvalue weighted by Crippen LogP contribution is 2.29. The van der Waals surface area contributed by atoms with Crippen molar-refractivity contribution in [1.29, 1.82) is 0 Å². The average Bonchev–Trinajstić information content (AvgIpc) is 2.29. The number of carbonyl (C=O) groups excluding carboxylic acids is 3. The first-order chi connectivity index (χ1) is 9.66. The molecule has 0 fully saturated rings. The van der Waals surface area contributed by atoms with Crippen LogP contribution in [-0.2, 0) is 19.1 Å². The number of thioether (sulfide) groups is 1. The molecule has 128 valence electrons. The van der Waals surface area contributed by atoms with Crippen molar-refractivity contribution in [2.75, 3.05) is 0 Å². The summed E-state index contributed by atoms with van der Waals surface area (Å²) in [4.78, 5) is 36.8. The third-order valence-corrected chi connectivity index (χ3v) is 4.09.